The highest BCUT2D eigenvalue weighted by atomic mass is 16.3. The Morgan fingerprint density at radius 2 is 1.79 bits per heavy atom. The van der Waals surface area contributed by atoms with Gasteiger partial charge in [-0.2, -0.15) is 0 Å². The van der Waals surface area contributed by atoms with Crippen molar-refractivity contribution in [2.24, 2.45) is 5.73 Å². The highest BCUT2D eigenvalue weighted by Crippen LogP contribution is 2.47. The summed E-state index contributed by atoms with van der Waals surface area (Å²) in [5, 5.41) is 13.1. The molecule has 1 amide bonds. The minimum atomic E-state index is -0.727. The molecule has 0 saturated carbocycles. The third-order valence-corrected chi connectivity index (χ3v) is 8.47. The highest BCUT2D eigenvalue weighted by Gasteiger charge is 2.50. The number of benzene rings is 3. The molecule has 0 aromatic heterocycles. The van der Waals surface area contributed by atoms with Gasteiger partial charge in [0.1, 0.15) is 0 Å². The summed E-state index contributed by atoms with van der Waals surface area (Å²) in [6.45, 7) is 4.10. The van der Waals surface area contributed by atoms with Crippen molar-refractivity contribution >= 4 is 22.4 Å². The molecule has 0 radical (unpaired) electrons. The molecule has 34 heavy (non-hydrogen) atoms. The van der Waals surface area contributed by atoms with Crippen molar-refractivity contribution in [1.29, 1.82) is 0 Å². The van der Waals surface area contributed by atoms with E-state index in [4.69, 9.17) is 5.73 Å². The number of para-hydroxylation sites is 1. The average Bonchev–Trinajstić information content (AvgIpc) is 3.34. The van der Waals surface area contributed by atoms with Gasteiger partial charge in [-0.1, -0.05) is 54.6 Å². The zero-order chi connectivity index (χ0) is 23.4. The standard InChI is InChI=1S/C29H33N3O2/c1-29(17-22(33)18-30)24-10-2-3-11-25(24)32(28(29)34)21-12-14-31(15-13-21)26-16-20-8-4-6-19-7-5-9-23(26)27(19)20/h2-11,21-22,26,33H,12-18,30H2,1H3/t22-,26+,29-/m0/s1. The van der Waals surface area contributed by atoms with Crippen LogP contribution in [-0.2, 0) is 16.6 Å². The van der Waals surface area contributed by atoms with E-state index >= 15 is 0 Å². The maximum absolute atomic E-state index is 13.8. The second-order valence-corrected chi connectivity index (χ2v) is 10.5. The number of likely N-dealkylation sites (tertiary alicyclic amines) is 1. The number of nitrogens with zero attached hydrogens (tertiary/aromatic N) is 2. The van der Waals surface area contributed by atoms with Crippen molar-refractivity contribution in [1.82, 2.24) is 4.90 Å². The maximum Gasteiger partial charge on any atom is 0.237 e. The highest BCUT2D eigenvalue weighted by molar-refractivity contribution is 6.08. The minimum absolute atomic E-state index is 0.109. The largest absolute Gasteiger partial charge is 0.392 e. The van der Waals surface area contributed by atoms with E-state index in [1.807, 2.05) is 30.0 Å². The smallest absolute Gasteiger partial charge is 0.237 e. The van der Waals surface area contributed by atoms with Gasteiger partial charge in [-0.25, -0.2) is 0 Å². The lowest BCUT2D eigenvalue weighted by molar-refractivity contribution is -0.124. The van der Waals surface area contributed by atoms with Crippen LogP contribution in [0.25, 0.3) is 10.8 Å². The van der Waals surface area contributed by atoms with Crippen molar-refractivity contribution in [2.75, 3.05) is 24.5 Å². The van der Waals surface area contributed by atoms with Crippen molar-refractivity contribution in [3.8, 4) is 0 Å². The van der Waals surface area contributed by atoms with Crippen LogP contribution >= 0.6 is 0 Å². The summed E-state index contributed by atoms with van der Waals surface area (Å²) in [6.07, 6.45) is 2.66. The van der Waals surface area contributed by atoms with Crippen LogP contribution in [0.15, 0.2) is 60.7 Å². The lowest BCUT2D eigenvalue weighted by Gasteiger charge is -2.40. The van der Waals surface area contributed by atoms with Gasteiger partial charge in [-0.3, -0.25) is 9.69 Å². The molecule has 0 bridgehead atoms. The lowest BCUT2D eigenvalue weighted by atomic mass is 9.79. The fourth-order valence-electron chi connectivity index (χ4n) is 6.75. The van der Waals surface area contributed by atoms with E-state index < -0.39 is 11.5 Å². The molecule has 2 heterocycles. The Hall–Kier alpha value is -2.73. The molecule has 5 heteroatoms. The number of rotatable bonds is 5. The minimum Gasteiger partial charge on any atom is -0.392 e. The van der Waals surface area contributed by atoms with E-state index in [-0.39, 0.29) is 18.5 Å². The number of carbonyl (C=O) groups excluding carboxylic acids is 1. The van der Waals surface area contributed by atoms with Crippen molar-refractivity contribution in [3.63, 3.8) is 0 Å². The summed E-state index contributed by atoms with van der Waals surface area (Å²) in [5.41, 5.74) is 9.92. The topological polar surface area (TPSA) is 69.8 Å². The number of amides is 1. The van der Waals surface area contributed by atoms with Gasteiger partial charge in [0.05, 0.1) is 11.5 Å². The zero-order valence-corrected chi connectivity index (χ0v) is 19.8. The lowest BCUT2D eigenvalue weighted by Crippen LogP contribution is -2.50. The van der Waals surface area contributed by atoms with Gasteiger partial charge in [-0.15, -0.1) is 0 Å². The van der Waals surface area contributed by atoms with E-state index in [2.05, 4.69) is 47.4 Å². The molecule has 0 unspecified atom stereocenters. The van der Waals surface area contributed by atoms with Crippen LogP contribution in [0.4, 0.5) is 5.69 Å². The number of hydrogen-bond donors (Lipinski definition) is 2. The molecule has 176 valence electrons. The Balaban J connectivity index is 1.23. The van der Waals surface area contributed by atoms with Gasteiger partial charge in [0.25, 0.3) is 0 Å². The van der Waals surface area contributed by atoms with Crippen LogP contribution in [0.1, 0.15) is 48.9 Å². The summed E-state index contributed by atoms with van der Waals surface area (Å²) >= 11 is 0. The predicted molar refractivity (Wildman–Crippen MR) is 136 cm³/mol. The molecule has 3 N–H and O–H groups in total. The molecule has 3 atom stereocenters. The van der Waals surface area contributed by atoms with Crippen LogP contribution in [-0.4, -0.2) is 47.7 Å². The van der Waals surface area contributed by atoms with Gasteiger partial charge < -0.3 is 15.7 Å². The first-order valence-corrected chi connectivity index (χ1v) is 12.6. The van der Waals surface area contributed by atoms with E-state index in [0.29, 0.717) is 12.5 Å². The molecule has 5 nitrogen and oxygen atoms in total. The fraction of sp³-hybridized carbons (Fsp3) is 0.414. The number of hydrogen-bond acceptors (Lipinski definition) is 4. The van der Waals surface area contributed by atoms with E-state index in [9.17, 15) is 9.90 Å². The molecule has 3 aromatic carbocycles. The number of aliphatic hydroxyl groups excluding tert-OH is 1. The molecule has 1 aliphatic carbocycles. The summed E-state index contributed by atoms with van der Waals surface area (Å²) in [7, 11) is 0. The van der Waals surface area contributed by atoms with Crippen LogP contribution in [0.3, 0.4) is 0 Å². The Kier molecular flexibility index (Phi) is 5.25. The Morgan fingerprint density at radius 1 is 1.06 bits per heavy atom. The Morgan fingerprint density at radius 3 is 2.56 bits per heavy atom. The molecule has 2 aliphatic heterocycles. The third-order valence-electron chi connectivity index (χ3n) is 8.47. The van der Waals surface area contributed by atoms with Crippen molar-refractivity contribution < 1.29 is 9.90 Å². The monoisotopic (exact) mass is 455 g/mol. The van der Waals surface area contributed by atoms with Crippen LogP contribution in [0.5, 0.6) is 0 Å². The molecular weight excluding hydrogens is 422 g/mol. The molecule has 1 fully saturated rings. The summed E-state index contributed by atoms with van der Waals surface area (Å²) < 4.78 is 0. The normalized spacial score (nSPS) is 25.8. The predicted octanol–water partition coefficient (Wildman–Crippen LogP) is 3.92. The van der Waals surface area contributed by atoms with Crippen molar-refractivity contribution in [3.05, 3.63) is 77.4 Å². The number of fused-ring (bicyclic) bond motifs is 1. The van der Waals surface area contributed by atoms with Gasteiger partial charge in [-0.05, 0) is 66.1 Å². The quantitative estimate of drug-likeness (QED) is 0.612. The second kappa shape index (κ2) is 8.19. The molecule has 1 saturated heterocycles. The van der Waals surface area contributed by atoms with Crippen molar-refractivity contribution in [2.45, 2.75) is 56.2 Å². The van der Waals surface area contributed by atoms with E-state index in [1.54, 1.807) is 0 Å². The third kappa shape index (κ3) is 3.22. The zero-order valence-electron chi connectivity index (χ0n) is 19.8. The number of aliphatic hydroxyl groups is 1. The van der Waals surface area contributed by atoms with Gasteiger partial charge in [0.15, 0.2) is 0 Å². The van der Waals surface area contributed by atoms with E-state index in [0.717, 1.165) is 43.6 Å². The molecule has 6 rings (SSSR count). The fourth-order valence-corrected chi connectivity index (χ4v) is 6.75. The summed E-state index contributed by atoms with van der Waals surface area (Å²) in [6, 6.07) is 22.1. The first-order chi connectivity index (χ1) is 16.5. The van der Waals surface area contributed by atoms with Gasteiger partial charge in [0, 0.05) is 37.4 Å². The molecule has 3 aliphatic rings. The Labute approximate surface area is 201 Å². The first kappa shape index (κ1) is 21.8. The van der Waals surface area contributed by atoms with Crippen LogP contribution in [0, 0.1) is 0 Å². The molecule has 3 aromatic rings. The first-order valence-electron chi connectivity index (χ1n) is 12.6. The average molecular weight is 456 g/mol. The van der Waals surface area contributed by atoms with Gasteiger partial charge in [0.2, 0.25) is 5.91 Å². The van der Waals surface area contributed by atoms with Crippen LogP contribution in [0.2, 0.25) is 0 Å². The van der Waals surface area contributed by atoms with E-state index in [1.165, 1.54) is 21.9 Å². The second-order valence-electron chi connectivity index (χ2n) is 10.5. The number of anilines is 1. The van der Waals surface area contributed by atoms with Crippen LogP contribution < -0.4 is 10.6 Å². The maximum atomic E-state index is 13.8. The Bertz CT molecular complexity index is 1240. The molecule has 0 spiro atoms. The number of carbonyl (C=O) groups is 1. The summed E-state index contributed by atoms with van der Waals surface area (Å²) in [4.78, 5) is 18.5. The summed E-state index contributed by atoms with van der Waals surface area (Å²) in [5.74, 6) is 0.109. The number of piperidine rings is 1. The van der Waals surface area contributed by atoms with Gasteiger partial charge >= 0.3 is 0 Å². The molecular formula is C29H33N3O2. The number of nitrogens with two attached hydrogens (primary N) is 1. The SMILES string of the molecule is C[C@@]1(C[C@H](O)CN)C(=O)N(C2CCN([C@@H]3Cc4cccc5cccc3c45)CC2)c2ccccc21.